The zero-order chi connectivity index (χ0) is 8.81. The lowest BCUT2D eigenvalue weighted by Crippen LogP contribution is -1.86. The van der Waals surface area contributed by atoms with Gasteiger partial charge in [-0.1, -0.05) is 40.2 Å². The summed E-state index contributed by atoms with van der Waals surface area (Å²) in [4.78, 5) is 0. The molecule has 0 aliphatic rings. The van der Waals surface area contributed by atoms with Crippen molar-refractivity contribution in [3.05, 3.63) is 35.4 Å². The molecule has 0 radical (unpaired) electrons. The number of halogens is 1. The van der Waals surface area contributed by atoms with Crippen molar-refractivity contribution in [2.45, 2.75) is 18.2 Å². The van der Waals surface area contributed by atoms with Crippen LogP contribution in [0.15, 0.2) is 24.3 Å². The lowest BCUT2D eigenvalue weighted by Gasteiger charge is -2.00. The highest BCUT2D eigenvalue weighted by Gasteiger charge is 1.92. The molecule has 0 unspecified atom stereocenters. The summed E-state index contributed by atoms with van der Waals surface area (Å²) in [6, 6.07) is 8.73. The Labute approximate surface area is 87.9 Å². The van der Waals surface area contributed by atoms with Crippen LogP contribution in [0.3, 0.4) is 0 Å². The maximum atomic E-state index is 4.18. The van der Waals surface area contributed by atoms with Crippen molar-refractivity contribution in [3.63, 3.8) is 0 Å². The molecule has 0 spiro atoms. The van der Waals surface area contributed by atoms with Crippen LogP contribution in [0.4, 0.5) is 0 Å². The minimum atomic E-state index is 0.944. The first kappa shape index (κ1) is 10.1. The third-order valence-electron chi connectivity index (χ3n) is 1.80. The fraction of sp³-hybridized carbons (Fsp3) is 0.400. The summed E-state index contributed by atoms with van der Waals surface area (Å²) in [6.07, 6.45) is 2.31. The van der Waals surface area contributed by atoms with Crippen molar-refractivity contribution in [2.24, 2.45) is 0 Å². The van der Waals surface area contributed by atoms with Gasteiger partial charge in [0.2, 0.25) is 0 Å². The predicted molar refractivity (Wildman–Crippen MR) is 61.2 cm³/mol. The van der Waals surface area contributed by atoms with Gasteiger partial charge in [0.25, 0.3) is 0 Å². The molecule has 1 rings (SSSR count). The van der Waals surface area contributed by atoms with Gasteiger partial charge in [0.05, 0.1) is 0 Å². The van der Waals surface area contributed by atoms with Crippen LogP contribution >= 0.6 is 28.6 Å². The third-order valence-corrected chi connectivity index (χ3v) is 2.76. The Kier molecular flexibility index (Phi) is 4.77. The molecule has 0 amide bonds. The summed E-state index contributed by atoms with van der Waals surface area (Å²) in [5, 5.41) is 0.944. The van der Waals surface area contributed by atoms with E-state index in [4.69, 9.17) is 0 Å². The fourth-order valence-corrected chi connectivity index (χ4v) is 1.61. The average Bonchev–Trinajstić information content (AvgIpc) is 2.15. The SMILES string of the molecule is SCCCc1ccc(CBr)cc1. The first-order chi connectivity index (χ1) is 5.86. The van der Waals surface area contributed by atoms with Gasteiger partial charge >= 0.3 is 0 Å². The van der Waals surface area contributed by atoms with Gasteiger partial charge in [-0.25, -0.2) is 0 Å². The molecule has 0 fully saturated rings. The Bertz CT molecular complexity index is 218. The number of benzene rings is 1. The molecule has 0 nitrogen and oxygen atoms in total. The monoisotopic (exact) mass is 244 g/mol. The summed E-state index contributed by atoms with van der Waals surface area (Å²) >= 11 is 7.60. The van der Waals surface area contributed by atoms with Gasteiger partial charge in [-0.15, -0.1) is 0 Å². The number of aryl methyl sites for hydroxylation is 1. The van der Waals surface area contributed by atoms with Crippen LogP contribution in [-0.2, 0) is 11.8 Å². The maximum Gasteiger partial charge on any atom is 0.0283 e. The molecular formula is C10H13BrS. The zero-order valence-corrected chi connectivity index (χ0v) is 9.44. The number of thiol groups is 1. The first-order valence-electron chi connectivity index (χ1n) is 4.11. The van der Waals surface area contributed by atoms with E-state index in [1.165, 1.54) is 11.1 Å². The predicted octanol–water partition coefficient (Wildman–Crippen LogP) is 3.44. The average molecular weight is 245 g/mol. The largest absolute Gasteiger partial charge is 0.179 e. The second-order valence-electron chi connectivity index (χ2n) is 2.78. The van der Waals surface area contributed by atoms with E-state index >= 15 is 0 Å². The molecule has 1 aromatic carbocycles. The van der Waals surface area contributed by atoms with Crippen LogP contribution in [0.25, 0.3) is 0 Å². The maximum absolute atomic E-state index is 4.18. The summed E-state index contributed by atoms with van der Waals surface area (Å²) in [5.74, 6) is 0.972. The third kappa shape index (κ3) is 3.20. The fourth-order valence-electron chi connectivity index (χ4n) is 1.08. The molecule has 0 atom stereocenters. The summed E-state index contributed by atoms with van der Waals surface area (Å²) in [7, 11) is 0. The van der Waals surface area contributed by atoms with Crippen molar-refractivity contribution in [1.82, 2.24) is 0 Å². The molecule has 0 bridgehead atoms. The van der Waals surface area contributed by atoms with Crippen molar-refractivity contribution >= 4 is 28.6 Å². The van der Waals surface area contributed by atoms with Gasteiger partial charge < -0.3 is 0 Å². The molecule has 12 heavy (non-hydrogen) atoms. The Hall–Kier alpha value is 0.0500. The molecule has 0 saturated heterocycles. The highest BCUT2D eigenvalue weighted by Crippen LogP contribution is 2.09. The van der Waals surface area contributed by atoms with Crippen LogP contribution in [0.5, 0.6) is 0 Å². The van der Waals surface area contributed by atoms with E-state index < -0.39 is 0 Å². The minimum absolute atomic E-state index is 0.944. The molecule has 0 saturated carbocycles. The van der Waals surface area contributed by atoms with Gasteiger partial charge in [-0.05, 0) is 29.7 Å². The molecule has 0 aliphatic heterocycles. The number of alkyl halides is 1. The smallest absolute Gasteiger partial charge is 0.0283 e. The molecule has 0 aliphatic carbocycles. The Balaban J connectivity index is 2.53. The van der Waals surface area contributed by atoms with Gasteiger partial charge in [0.1, 0.15) is 0 Å². The molecule has 0 aromatic heterocycles. The second-order valence-corrected chi connectivity index (χ2v) is 3.79. The molecule has 0 heterocycles. The minimum Gasteiger partial charge on any atom is -0.179 e. The van der Waals surface area contributed by atoms with E-state index in [2.05, 4.69) is 52.8 Å². The van der Waals surface area contributed by atoms with Crippen molar-refractivity contribution in [2.75, 3.05) is 5.75 Å². The van der Waals surface area contributed by atoms with Crippen molar-refractivity contribution in [1.29, 1.82) is 0 Å². The van der Waals surface area contributed by atoms with E-state index in [1.54, 1.807) is 0 Å². The van der Waals surface area contributed by atoms with Crippen LogP contribution in [0.1, 0.15) is 17.5 Å². The van der Waals surface area contributed by atoms with E-state index in [1.807, 2.05) is 0 Å². The van der Waals surface area contributed by atoms with E-state index in [9.17, 15) is 0 Å². The number of hydrogen-bond acceptors (Lipinski definition) is 1. The number of rotatable bonds is 4. The molecule has 1 aromatic rings. The zero-order valence-electron chi connectivity index (χ0n) is 6.96. The van der Waals surface area contributed by atoms with E-state index in [-0.39, 0.29) is 0 Å². The van der Waals surface area contributed by atoms with E-state index in [0.29, 0.717) is 0 Å². The Morgan fingerprint density at radius 1 is 1.08 bits per heavy atom. The van der Waals surface area contributed by atoms with E-state index in [0.717, 1.165) is 23.9 Å². The van der Waals surface area contributed by atoms with Gasteiger partial charge in [0, 0.05) is 5.33 Å². The normalized spacial score (nSPS) is 10.2. The molecular weight excluding hydrogens is 232 g/mol. The van der Waals surface area contributed by atoms with Gasteiger partial charge in [-0.2, -0.15) is 12.6 Å². The summed E-state index contributed by atoms with van der Waals surface area (Å²) < 4.78 is 0. The van der Waals surface area contributed by atoms with Crippen LogP contribution in [0, 0.1) is 0 Å². The van der Waals surface area contributed by atoms with Crippen LogP contribution in [-0.4, -0.2) is 5.75 Å². The standard InChI is InChI=1S/C10H13BrS/c11-8-10-5-3-9(4-6-10)2-1-7-12/h3-6,12H,1-2,7-8H2. The summed E-state index contributed by atoms with van der Waals surface area (Å²) in [5.41, 5.74) is 2.75. The van der Waals surface area contributed by atoms with Gasteiger partial charge in [0.15, 0.2) is 0 Å². The molecule has 0 N–H and O–H groups in total. The molecule has 66 valence electrons. The topological polar surface area (TPSA) is 0 Å². The van der Waals surface area contributed by atoms with Crippen LogP contribution in [0.2, 0.25) is 0 Å². The van der Waals surface area contributed by atoms with Crippen molar-refractivity contribution < 1.29 is 0 Å². The van der Waals surface area contributed by atoms with Crippen LogP contribution < -0.4 is 0 Å². The molecule has 2 heteroatoms. The number of hydrogen-bond donors (Lipinski definition) is 1. The lowest BCUT2D eigenvalue weighted by atomic mass is 10.1. The highest BCUT2D eigenvalue weighted by atomic mass is 79.9. The van der Waals surface area contributed by atoms with Crippen molar-refractivity contribution in [3.8, 4) is 0 Å². The quantitative estimate of drug-likeness (QED) is 0.609. The first-order valence-corrected chi connectivity index (χ1v) is 5.87. The highest BCUT2D eigenvalue weighted by molar-refractivity contribution is 9.08. The Morgan fingerprint density at radius 2 is 1.67 bits per heavy atom. The lowest BCUT2D eigenvalue weighted by molar-refractivity contribution is 0.935. The Morgan fingerprint density at radius 3 is 2.17 bits per heavy atom. The summed E-state index contributed by atoms with van der Waals surface area (Å²) in [6.45, 7) is 0. The second kappa shape index (κ2) is 5.65. The van der Waals surface area contributed by atoms with Gasteiger partial charge in [-0.3, -0.25) is 0 Å².